The molecule has 6 nitrogen and oxygen atoms in total. The summed E-state index contributed by atoms with van der Waals surface area (Å²) in [4.78, 5) is 25.9. The van der Waals surface area contributed by atoms with Crippen LogP contribution >= 0.6 is 0 Å². The van der Waals surface area contributed by atoms with Gasteiger partial charge in [-0.1, -0.05) is 211 Å². The van der Waals surface area contributed by atoms with Crippen LogP contribution in [0.5, 0.6) is 0 Å². The Bertz CT molecular complexity index is 957. The smallest absolute Gasteiger partial charge is 0.306 e. The lowest BCUT2D eigenvalue weighted by atomic mass is 10.0. The summed E-state index contributed by atoms with van der Waals surface area (Å²) in [6.45, 7) is 6.39. The van der Waals surface area contributed by atoms with Gasteiger partial charge in [-0.25, -0.2) is 0 Å². The van der Waals surface area contributed by atoms with Gasteiger partial charge in [0, 0.05) is 12.8 Å². The van der Waals surface area contributed by atoms with E-state index in [1.54, 1.807) is 0 Å². The molecule has 320 valence electrons. The zero-order chi connectivity index (χ0) is 40.3. The highest BCUT2D eigenvalue weighted by Crippen LogP contribution is 2.16. The molecule has 0 saturated carbocycles. The Kier molecular flexibility index (Phi) is 41.2. The molecule has 0 aliphatic carbocycles. The van der Waals surface area contributed by atoms with Gasteiger partial charge in [0.2, 0.25) is 5.91 Å². The molecule has 3 atom stereocenters. The summed E-state index contributed by atoms with van der Waals surface area (Å²) in [6.07, 6.45) is 50.4. The number of rotatable bonds is 41. The number of carbonyl (C=O) groups is 2. The molecule has 0 radical (unpaired) electrons. The van der Waals surface area contributed by atoms with Crippen molar-refractivity contribution in [2.75, 3.05) is 6.61 Å². The molecule has 0 aliphatic rings. The van der Waals surface area contributed by atoms with E-state index in [2.05, 4.69) is 68.6 Å². The SMILES string of the molecule is CCCCC/C=C\C/C=C\C/C=C\C/C=C\CC(CC(=O)NC(CO)C(O)CCCCCCCCCCCC)OC(=O)CCCCCCCCCCCCC. The Morgan fingerprint density at radius 1 is 0.545 bits per heavy atom. The van der Waals surface area contributed by atoms with Crippen LogP contribution in [-0.4, -0.2) is 46.9 Å². The van der Waals surface area contributed by atoms with Crippen molar-refractivity contribution >= 4 is 11.9 Å². The van der Waals surface area contributed by atoms with E-state index < -0.39 is 18.2 Å². The Morgan fingerprint density at radius 3 is 1.45 bits per heavy atom. The largest absolute Gasteiger partial charge is 0.461 e. The average Bonchev–Trinajstić information content (AvgIpc) is 3.18. The van der Waals surface area contributed by atoms with Crippen LogP contribution in [0, 0.1) is 0 Å². The van der Waals surface area contributed by atoms with Crippen LogP contribution in [0.1, 0.15) is 226 Å². The minimum Gasteiger partial charge on any atom is -0.461 e. The first-order chi connectivity index (χ1) is 27.0. The summed E-state index contributed by atoms with van der Waals surface area (Å²) in [5.74, 6) is -0.575. The van der Waals surface area contributed by atoms with E-state index in [1.165, 1.54) is 122 Å². The number of allylic oxidation sites excluding steroid dienone is 7. The summed E-state index contributed by atoms with van der Waals surface area (Å²) in [5, 5.41) is 23.6. The van der Waals surface area contributed by atoms with Crippen LogP contribution in [0.3, 0.4) is 0 Å². The normalized spacial score (nSPS) is 13.8. The first kappa shape index (κ1) is 52.8. The summed E-state index contributed by atoms with van der Waals surface area (Å²) in [5.41, 5.74) is 0. The predicted octanol–water partition coefficient (Wildman–Crippen LogP) is 13.5. The van der Waals surface area contributed by atoms with Crippen molar-refractivity contribution in [3.8, 4) is 0 Å². The Morgan fingerprint density at radius 2 is 0.964 bits per heavy atom. The number of aliphatic hydroxyl groups excluding tert-OH is 2. The number of carbonyl (C=O) groups excluding carboxylic acids is 2. The van der Waals surface area contributed by atoms with Crippen molar-refractivity contribution in [1.82, 2.24) is 5.32 Å². The molecular weight excluding hydrogens is 683 g/mol. The standard InChI is InChI=1S/C49H89NO5/c1-4-7-10-13-16-19-22-23-24-25-27-28-31-34-37-40-45(55-49(54)42-39-36-33-30-26-20-17-14-11-8-5-2)43-48(53)50-46(44-51)47(52)41-38-35-32-29-21-18-15-12-9-6-3/h16,19,23-24,27-28,34,37,45-47,51-52H,4-15,17-18,20-22,25-26,29-33,35-36,38-44H2,1-3H3,(H,50,53)/b19-16-,24-23-,28-27-,37-34-. The highest BCUT2D eigenvalue weighted by atomic mass is 16.5. The van der Waals surface area contributed by atoms with E-state index in [1.807, 2.05) is 6.08 Å². The molecule has 0 saturated heterocycles. The minimum atomic E-state index is -0.807. The zero-order valence-electron chi connectivity index (χ0n) is 36.3. The van der Waals surface area contributed by atoms with Gasteiger partial charge in [0.25, 0.3) is 0 Å². The third kappa shape index (κ3) is 38.5. The van der Waals surface area contributed by atoms with Gasteiger partial charge in [-0.3, -0.25) is 9.59 Å². The lowest BCUT2D eigenvalue weighted by molar-refractivity contribution is -0.150. The number of nitrogens with one attached hydrogen (secondary N) is 1. The zero-order valence-corrected chi connectivity index (χ0v) is 36.3. The van der Waals surface area contributed by atoms with Crippen molar-refractivity contribution in [3.63, 3.8) is 0 Å². The van der Waals surface area contributed by atoms with E-state index in [4.69, 9.17) is 4.74 Å². The van der Waals surface area contributed by atoms with Gasteiger partial charge in [-0.15, -0.1) is 0 Å². The Balaban J connectivity index is 4.75. The van der Waals surface area contributed by atoms with Gasteiger partial charge in [0.1, 0.15) is 6.10 Å². The molecule has 0 bridgehead atoms. The highest BCUT2D eigenvalue weighted by Gasteiger charge is 2.23. The first-order valence-corrected chi connectivity index (χ1v) is 23.4. The molecule has 3 N–H and O–H groups in total. The van der Waals surface area contributed by atoms with Crippen molar-refractivity contribution < 1.29 is 24.5 Å². The molecule has 0 heterocycles. The van der Waals surface area contributed by atoms with E-state index in [9.17, 15) is 19.8 Å². The molecule has 0 aliphatic heterocycles. The third-order valence-electron chi connectivity index (χ3n) is 10.4. The number of ether oxygens (including phenoxy) is 1. The number of unbranched alkanes of at least 4 members (excludes halogenated alkanes) is 22. The molecule has 3 unspecified atom stereocenters. The molecule has 0 spiro atoms. The van der Waals surface area contributed by atoms with Crippen LogP contribution in [0.25, 0.3) is 0 Å². The van der Waals surface area contributed by atoms with Gasteiger partial charge < -0.3 is 20.3 Å². The van der Waals surface area contributed by atoms with Gasteiger partial charge in [-0.2, -0.15) is 0 Å². The highest BCUT2D eigenvalue weighted by molar-refractivity contribution is 5.77. The molecule has 0 rings (SSSR count). The second-order valence-corrected chi connectivity index (χ2v) is 15.8. The van der Waals surface area contributed by atoms with Crippen molar-refractivity contribution in [2.45, 2.75) is 244 Å². The van der Waals surface area contributed by atoms with Crippen molar-refractivity contribution in [3.05, 3.63) is 48.6 Å². The first-order valence-electron chi connectivity index (χ1n) is 23.4. The molecule has 55 heavy (non-hydrogen) atoms. The molecule has 0 aromatic carbocycles. The molecule has 1 amide bonds. The van der Waals surface area contributed by atoms with E-state index >= 15 is 0 Å². The molecule has 6 heteroatoms. The summed E-state index contributed by atoms with van der Waals surface area (Å²) in [7, 11) is 0. The molecule has 0 fully saturated rings. The number of hydrogen-bond acceptors (Lipinski definition) is 5. The lowest BCUT2D eigenvalue weighted by Crippen LogP contribution is -2.46. The maximum absolute atomic E-state index is 13.1. The van der Waals surface area contributed by atoms with E-state index in [0.717, 1.165) is 57.8 Å². The monoisotopic (exact) mass is 772 g/mol. The molecule has 0 aromatic rings. The van der Waals surface area contributed by atoms with Crippen LogP contribution in [0.2, 0.25) is 0 Å². The third-order valence-corrected chi connectivity index (χ3v) is 10.4. The number of esters is 1. The minimum absolute atomic E-state index is 0.00347. The predicted molar refractivity (Wildman–Crippen MR) is 236 cm³/mol. The quantitative estimate of drug-likeness (QED) is 0.0327. The molecular formula is C49H89NO5. The summed E-state index contributed by atoms with van der Waals surface area (Å²) >= 11 is 0. The lowest BCUT2D eigenvalue weighted by Gasteiger charge is -2.24. The van der Waals surface area contributed by atoms with Gasteiger partial charge in [-0.05, 0) is 44.9 Å². The topological polar surface area (TPSA) is 95.9 Å². The molecule has 0 aromatic heterocycles. The number of hydrogen-bond donors (Lipinski definition) is 3. The Labute approximate surface area is 340 Å². The van der Waals surface area contributed by atoms with Gasteiger partial charge >= 0.3 is 5.97 Å². The van der Waals surface area contributed by atoms with E-state index in [-0.39, 0.29) is 24.9 Å². The van der Waals surface area contributed by atoms with Crippen LogP contribution in [0.15, 0.2) is 48.6 Å². The van der Waals surface area contributed by atoms with Crippen molar-refractivity contribution in [2.24, 2.45) is 0 Å². The van der Waals surface area contributed by atoms with Crippen LogP contribution in [-0.2, 0) is 14.3 Å². The van der Waals surface area contributed by atoms with Gasteiger partial charge in [0.05, 0.1) is 25.2 Å². The van der Waals surface area contributed by atoms with Gasteiger partial charge in [0.15, 0.2) is 0 Å². The van der Waals surface area contributed by atoms with E-state index in [0.29, 0.717) is 19.3 Å². The van der Waals surface area contributed by atoms with Crippen LogP contribution in [0.4, 0.5) is 0 Å². The summed E-state index contributed by atoms with van der Waals surface area (Å²) in [6, 6.07) is -0.727. The van der Waals surface area contributed by atoms with Crippen LogP contribution < -0.4 is 5.32 Å². The second-order valence-electron chi connectivity index (χ2n) is 15.8. The number of amides is 1. The Hall–Kier alpha value is -2.18. The fourth-order valence-electron chi connectivity index (χ4n) is 6.82. The fraction of sp³-hybridized carbons (Fsp3) is 0.796. The fourth-order valence-corrected chi connectivity index (χ4v) is 6.82. The maximum Gasteiger partial charge on any atom is 0.306 e. The summed E-state index contributed by atoms with van der Waals surface area (Å²) < 4.78 is 5.84. The van der Waals surface area contributed by atoms with Crippen molar-refractivity contribution in [1.29, 1.82) is 0 Å². The number of aliphatic hydroxyl groups is 2. The average molecular weight is 772 g/mol. The second kappa shape index (κ2) is 43.0. The maximum atomic E-state index is 13.1.